The zero-order chi connectivity index (χ0) is 12.8. The standard InChI is InChI=1S/C11H20O2.C4H10/c12-6-9(7-13)5-11-4-8-1-2-10(11)3-8;1-4(2)3/h8-13H,1-7H2;4H,1-3H3. The zero-order valence-corrected chi connectivity index (χ0v) is 11.7. The fraction of sp³-hybridized carbons (Fsp3) is 1.00. The monoisotopic (exact) mass is 242 g/mol. The Bertz CT molecular complexity index is 196. The summed E-state index contributed by atoms with van der Waals surface area (Å²) < 4.78 is 0. The van der Waals surface area contributed by atoms with Crippen molar-refractivity contribution in [1.29, 1.82) is 0 Å². The van der Waals surface area contributed by atoms with E-state index in [1.54, 1.807) is 0 Å². The van der Waals surface area contributed by atoms with Gasteiger partial charge in [-0.25, -0.2) is 0 Å². The molecule has 0 saturated heterocycles. The lowest BCUT2D eigenvalue weighted by atomic mass is 9.82. The van der Waals surface area contributed by atoms with E-state index in [1.807, 2.05) is 0 Å². The molecule has 2 saturated carbocycles. The molecule has 3 atom stereocenters. The van der Waals surface area contributed by atoms with E-state index in [0.717, 1.165) is 30.1 Å². The second kappa shape index (κ2) is 7.38. The third-order valence-corrected chi connectivity index (χ3v) is 4.04. The van der Waals surface area contributed by atoms with Crippen molar-refractivity contribution in [3.8, 4) is 0 Å². The van der Waals surface area contributed by atoms with E-state index in [9.17, 15) is 0 Å². The Labute approximate surface area is 106 Å². The lowest BCUT2D eigenvalue weighted by Crippen LogP contribution is -2.19. The molecule has 3 unspecified atom stereocenters. The van der Waals surface area contributed by atoms with Crippen LogP contribution in [0, 0.1) is 29.6 Å². The number of rotatable bonds is 4. The average Bonchev–Trinajstić information content (AvgIpc) is 2.86. The van der Waals surface area contributed by atoms with Gasteiger partial charge >= 0.3 is 0 Å². The van der Waals surface area contributed by atoms with E-state index < -0.39 is 0 Å². The Balaban J connectivity index is 0.000000317. The predicted octanol–water partition coefficient (Wildman–Crippen LogP) is 3.08. The fourth-order valence-corrected chi connectivity index (χ4v) is 3.30. The van der Waals surface area contributed by atoms with Gasteiger partial charge in [0.15, 0.2) is 0 Å². The normalized spacial score (nSPS) is 30.9. The molecule has 0 aromatic rings. The van der Waals surface area contributed by atoms with Crippen molar-refractivity contribution in [2.24, 2.45) is 29.6 Å². The van der Waals surface area contributed by atoms with E-state index in [2.05, 4.69) is 20.8 Å². The molecule has 17 heavy (non-hydrogen) atoms. The average molecular weight is 242 g/mol. The maximum Gasteiger partial charge on any atom is 0.0481 e. The summed E-state index contributed by atoms with van der Waals surface area (Å²) in [6.45, 7) is 6.81. The van der Waals surface area contributed by atoms with Gasteiger partial charge < -0.3 is 10.2 Å². The highest BCUT2D eigenvalue weighted by Crippen LogP contribution is 2.50. The summed E-state index contributed by atoms with van der Waals surface area (Å²) in [5, 5.41) is 18.0. The van der Waals surface area contributed by atoms with Gasteiger partial charge in [-0.2, -0.15) is 0 Å². The minimum Gasteiger partial charge on any atom is -0.396 e. The number of fused-ring (bicyclic) bond motifs is 2. The fourth-order valence-electron chi connectivity index (χ4n) is 3.30. The van der Waals surface area contributed by atoms with E-state index in [-0.39, 0.29) is 19.1 Å². The number of aliphatic hydroxyl groups excluding tert-OH is 2. The smallest absolute Gasteiger partial charge is 0.0481 e. The van der Waals surface area contributed by atoms with Crippen LogP contribution >= 0.6 is 0 Å². The van der Waals surface area contributed by atoms with Crippen molar-refractivity contribution in [2.45, 2.75) is 52.9 Å². The molecule has 0 amide bonds. The van der Waals surface area contributed by atoms with Crippen molar-refractivity contribution in [3.05, 3.63) is 0 Å². The van der Waals surface area contributed by atoms with Crippen LogP contribution in [0.3, 0.4) is 0 Å². The predicted molar refractivity (Wildman–Crippen MR) is 71.7 cm³/mol. The van der Waals surface area contributed by atoms with Gasteiger partial charge in [0.1, 0.15) is 0 Å². The Kier molecular flexibility index (Phi) is 6.50. The Morgan fingerprint density at radius 1 is 1.00 bits per heavy atom. The van der Waals surface area contributed by atoms with Gasteiger partial charge in [-0.15, -0.1) is 0 Å². The van der Waals surface area contributed by atoms with Crippen LogP contribution in [0.2, 0.25) is 0 Å². The molecule has 0 aromatic heterocycles. The molecule has 102 valence electrons. The second-order valence-electron chi connectivity index (χ2n) is 6.63. The molecule has 2 bridgehead atoms. The van der Waals surface area contributed by atoms with Crippen molar-refractivity contribution in [2.75, 3.05) is 13.2 Å². The highest BCUT2D eigenvalue weighted by Gasteiger charge is 2.39. The molecule has 2 rings (SSSR count). The molecule has 2 nitrogen and oxygen atoms in total. The van der Waals surface area contributed by atoms with Crippen LogP contribution < -0.4 is 0 Å². The minimum atomic E-state index is 0.143. The highest BCUT2D eigenvalue weighted by atomic mass is 16.3. The molecule has 0 spiro atoms. The molecular weight excluding hydrogens is 212 g/mol. The maximum absolute atomic E-state index is 9.00. The summed E-state index contributed by atoms with van der Waals surface area (Å²) in [6, 6.07) is 0. The molecule has 2 fully saturated rings. The lowest BCUT2D eigenvalue weighted by Gasteiger charge is -2.24. The Hall–Kier alpha value is -0.0800. The Morgan fingerprint density at radius 3 is 1.94 bits per heavy atom. The number of hydrogen-bond acceptors (Lipinski definition) is 2. The molecule has 2 N–H and O–H groups in total. The minimum absolute atomic E-state index is 0.143. The van der Waals surface area contributed by atoms with Crippen LogP contribution in [0.1, 0.15) is 52.9 Å². The first kappa shape index (κ1) is 15.0. The van der Waals surface area contributed by atoms with Gasteiger partial charge in [-0.1, -0.05) is 27.2 Å². The quantitative estimate of drug-likeness (QED) is 0.795. The lowest BCUT2D eigenvalue weighted by molar-refractivity contribution is 0.118. The van der Waals surface area contributed by atoms with Crippen LogP contribution in [-0.4, -0.2) is 23.4 Å². The van der Waals surface area contributed by atoms with Crippen LogP contribution in [-0.2, 0) is 0 Å². The molecule has 0 aromatic carbocycles. The summed E-state index contributed by atoms with van der Waals surface area (Å²) in [5.74, 6) is 3.69. The van der Waals surface area contributed by atoms with Crippen molar-refractivity contribution >= 4 is 0 Å². The molecule has 0 heterocycles. The summed E-state index contributed by atoms with van der Waals surface area (Å²) in [7, 11) is 0. The van der Waals surface area contributed by atoms with E-state index >= 15 is 0 Å². The largest absolute Gasteiger partial charge is 0.396 e. The first-order chi connectivity index (χ1) is 8.06. The zero-order valence-electron chi connectivity index (χ0n) is 11.7. The second-order valence-corrected chi connectivity index (χ2v) is 6.63. The van der Waals surface area contributed by atoms with Crippen LogP contribution in [0.5, 0.6) is 0 Å². The summed E-state index contributed by atoms with van der Waals surface area (Å²) in [4.78, 5) is 0. The van der Waals surface area contributed by atoms with Crippen molar-refractivity contribution in [3.63, 3.8) is 0 Å². The van der Waals surface area contributed by atoms with E-state index in [0.29, 0.717) is 0 Å². The van der Waals surface area contributed by atoms with Gasteiger partial charge in [0, 0.05) is 19.1 Å². The summed E-state index contributed by atoms with van der Waals surface area (Å²) >= 11 is 0. The molecular formula is C15H30O2. The third kappa shape index (κ3) is 4.97. The Morgan fingerprint density at radius 2 is 1.59 bits per heavy atom. The van der Waals surface area contributed by atoms with Gasteiger partial charge in [-0.3, -0.25) is 0 Å². The van der Waals surface area contributed by atoms with Crippen LogP contribution in [0.15, 0.2) is 0 Å². The van der Waals surface area contributed by atoms with Crippen molar-refractivity contribution < 1.29 is 10.2 Å². The van der Waals surface area contributed by atoms with Crippen LogP contribution in [0.25, 0.3) is 0 Å². The van der Waals surface area contributed by atoms with Crippen molar-refractivity contribution in [1.82, 2.24) is 0 Å². The number of aliphatic hydroxyl groups is 2. The molecule has 0 aliphatic heterocycles. The van der Waals surface area contributed by atoms with E-state index in [4.69, 9.17) is 10.2 Å². The molecule has 2 aliphatic carbocycles. The maximum atomic E-state index is 9.00. The van der Waals surface area contributed by atoms with Gasteiger partial charge in [0.25, 0.3) is 0 Å². The van der Waals surface area contributed by atoms with Crippen LogP contribution in [0.4, 0.5) is 0 Å². The van der Waals surface area contributed by atoms with Gasteiger partial charge in [0.2, 0.25) is 0 Å². The summed E-state index contributed by atoms with van der Waals surface area (Å²) in [6.07, 6.45) is 6.67. The number of hydrogen-bond donors (Lipinski definition) is 2. The van der Waals surface area contributed by atoms with Gasteiger partial charge in [0.05, 0.1) is 0 Å². The first-order valence-corrected chi connectivity index (χ1v) is 7.28. The van der Waals surface area contributed by atoms with E-state index in [1.165, 1.54) is 25.7 Å². The summed E-state index contributed by atoms with van der Waals surface area (Å²) in [5.41, 5.74) is 0. The molecule has 0 radical (unpaired) electrons. The first-order valence-electron chi connectivity index (χ1n) is 7.28. The van der Waals surface area contributed by atoms with Gasteiger partial charge in [-0.05, 0) is 49.4 Å². The molecule has 2 aliphatic rings. The molecule has 2 heteroatoms. The topological polar surface area (TPSA) is 40.5 Å². The SMILES string of the molecule is CC(C)C.OCC(CO)CC1CC2CCC1C2. The highest BCUT2D eigenvalue weighted by molar-refractivity contribution is 4.90. The third-order valence-electron chi connectivity index (χ3n) is 4.04.